The Morgan fingerprint density at radius 1 is 1.11 bits per heavy atom. The maximum absolute atomic E-state index is 13.1. The van der Waals surface area contributed by atoms with Gasteiger partial charge >= 0.3 is 12.2 Å². The van der Waals surface area contributed by atoms with Crippen molar-refractivity contribution in [2.45, 2.75) is 57.5 Å². The van der Waals surface area contributed by atoms with Crippen LogP contribution in [0.15, 0.2) is 30.9 Å². The number of hydrogen-bond donors (Lipinski definition) is 1. The van der Waals surface area contributed by atoms with Crippen molar-refractivity contribution in [1.29, 1.82) is 0 Å². The van der Waals surface area contributed by atoms with Gasteiger partial charge in [0, 0.05) is 75.6 Å². The molecule has 2 atom stereocenters. The summed E-state index contributed by atoms with van der Waals surface area (Å²) in [5, 5.41) is 3.83. The number of nitrogens with zero attached hydrogens (tertiary/aromatic N) is 6. The number of halogens is 4. The number of likely N-dealkylation sites (tertiary alicyclic amines) is 1. The van der Waals surface area contributed by atoms with Crippen LogP contribution in [0.4, 0.5) is 23.9 Å². The Bertz CT molecular complexity index is 1000. The van der Waals surface area contributed by atoms with Gasteiger partial charge in [0.25, 0.3) is 0 Å². The molecule has 0 bridgehead atoms. The molecule has 2 aromatic heterocycles. The van der Waals surface area contributed by atoms with Gasteiger partial charge in [-0.2, -0.15) is 13.2 Å². The lowest BCUT2D eigenvalue weighted by molar-refractivity contribution is -0.138. The molecule has 12 heteroatoms. The van der Waals surface area contributed by atoms with Crippen LogP contribution in [0.5, 0.6) is 0 Å². The third kappa shape index (κ3) is 6.13. The fourth-order valence-corrected chi connectivity index (χ4v) is 4.95. The Balaban J connectivity index is 1.28. The first-order chi connectivity index (χ1) is 16.6. The monoisotopic (exact) mass is 511 g/mol. The minimum atomic E-state index is -4.47. The van der Waals surface area contributed by atoms with Crippen LogP contribution in [0.1, 0.15) is 37.8 Å². The number of hydrogen-bond acceptors (Lipinski definition) is 6. The van der Waals surface area contributed by atoms with Gasteiger partial charge in [-0.15, -0.1) is 0 Å². The number of piperidine rings is 1. The van der Waals surface area contributed by atoms with Crippen LogP contribution in [0.2, 0.25) is 5.02 Å². The molecule has 2 aliphatic rings. The largest absolute Gasteiger partial charge is 0.419 e. The summed E-state index contributed by atoms with van der Waals surface area (Å²) in [6.07, 6.45) is 2.19. The number of urea groups is 1. The van der Waals surface area contributed by atoms with E-state index in [0.29, 0.717) is 18.1 Å². The molecule has 2 amide bonds. The van der Waals surface area contributed by atoms with Crippen LogP contribution in [-0.4, -0.2) is 75.1 Å². The van der Waals surface area contributed by atoms with Crippen LogP contribution in [0, 0.1) is 0 Å². The smallest absolute Gasteiger partial charge is 0.337 e. The van der Waals surface area contributed by atoms with Crippen molar-refractivity contribution in [3.63, 3.8) is 0 Å². The number of rotatable bonds is 4. The third-order valence-electron chi connectivity index (χ3n) is 6.57. The van der Waals surface area contributed by atoms with E-state index < -0.39 is 11.7 Å². The molecule has 0 unspecified atom stereocenters. The summed E-state index contributed by atoms with van der Waals surface area (Å²) < 4.78 is 38.4. The summed E-state index contributed by atoms with van der Waals surface area (Å²) in [7, 11) is 0. The van der Waals surface area contributed by atoms with Gasteiger partial charge in [-0.25, -0.2) is 14.8 Å². The van der Waals surface area contributed by atoms with Gasteiger partial charge in [-0.1, -0.05) is 11.6 Å². The number of piperazine rings is 1. The number of carbonyl (C=O) groups excluding carboxylic acids is 1. The van der Waals surface area contributed by atoms with Gasteiger partial charge in [-0.3, -0.25) is 9.88 Å². The van der Waals surface area contributed by atoms with Gasteiger partial charge in [0.1, 0.15) is 0 Å². The molecule has 0 radical (unpaired) electrons. The first-order valence-electron chi connectivity index (χ1n) is 11.7. The van der Waals surface area contributed by atoms with Crippen LogP contribution in [-0.2, 0) is 12.7 Å². The van der Waals surface area contributed by atoms with E-state index in [-0.39, 0.29) is 30.1 Å². The second-order valence-electron chi connectivity index (χ2n) is 9.25. The molecule has 2 saturated heterocycles. The van der Waals surface area contributed by atoms with Gasteiger partial charge in [-0.05, 0) is 38.3 Å². The summed E-state index contributed by atoms with van der Waals surface area (Å²) in [5.74, 6) is 0.235. The van der Waals surface area contributed by atoms with Crippen LogP contribution in [0.25, 0.3) is 0 Å². The number of alkyl halides is 3. The van der Waals surface area contributed by atoms with E-state index in [0.717, 1.165) is 50.4 Å². The first-order valence-corrected chi connectivity index (χ1v) is 12.0. The number of nitrogens with one attached hydrogen (secondary N) is 1. The Hall–Kier alpha value is -2.66. The van der Waals surface area contributed by atoms with Crippen molar-refractivity contribution in [3.05, 3.63) is 47.0 Å². The fraction of sp³-hybridized carbons (Fsp3) is 0.565. The van der Waals surface area contributed by atoms with Crippen LogP contribution >= 0.6 is 11.6 Å². The van der Waals surface area contributed by atoms with E-state index >= 15 is 0 Å². The standard InChI is InChI=1S/C23H29ClF3N7O/c1-15-12-33(21-29-9-18(10-30-21)23(25,26)27)13-16(2)34(15)22(35)31-19-4-7-32(8-5-19)14-17-3-6-28-11-20(17)24/h3,6,9-11,15-16,19H,4-5,7-8,12-14H2,1-2H3,(H,31,35)/t15-,16+. The molecular formula is C23H29ClF3N7O. The zero-order valence-corrected chi connectivity index (χ0v) is 20.4. The van der Waals surface area contributed by atoms with E-state index in [2.05, 4.69) is 25.2 Å². The van der Waals surface area contributed by atoms with Gasteiger partial charge in [0.15, 0.2) is 0 Å². The van der Waals surface area contributed by atoms with Gasteiger partial charge < -0.3 is 15.1 Å². The normalized spacial score (nSPS) is 22.3. The highest BCUT2D eigenvalue weighted by Crippen LogP contribution is 2.29. The van der Waals surface area contributed by atoms with Gasteiger partial charge in [0.05, 0.1) is 10.6 Å². The second kappa shape index (κ2) is 10.5. The van der Waals surface area contributed by atoms with E-state index in [1.165, 1.54) is 0 Å². The molecule has 2 aliphatic heterocycles. The minimum Gasteiger partial charge on any atom is -0.337 e. The number of anilines is 1. The number of aromatic nitrogens is 3. The number of pyridine rings is 1. The molecule has 8 nitrogen and oxygen atoms in total. The predicted octanol–water partition coefficient (Wildman–Crippen LogP) is 3.82. The minimum absolute atomic E-state index is 0.0855. The average molecular weight is 512 g/mol. The van der Waals surface area contributed by atoms with Crippen molar-refractivity contribution < 1.29 is 18.0 Å². The van der Waals surface area contributed by atoms with Crippen molar-refractivity contribution in [2.75, 3.05) is 31.1 Å². The van der Waals surface area contributed by atoms with E-state index in [9.17, 15) is 18.0 Å². The number of amides is 2. The molecule has 2 fully saturated rings. The lowest BCUT2D eigenvalue weighted by Crippen LogP contribution is -2.62. The quantitative estimate of drug-likeness (QED) is 0.672. The Morgan fingerprint density at radius 2 is 1.74 bits per heavy atom. The molecule has 1 N–H and O–H groups in total. The summed E-state index contributed by atoms with van der Waals surface area (Å²) in [6.45, 7) is 7.19. The Labute approximate surface area is 207 Å². The Morgan fingerprint density at radius 3 is 2.31 bits per heavy atom. The molecular weight excluding hydrogens is 483 g/mol. The predicted molar refractivity (Wildman–Crippen MR) is 126 cm³/mol. The SMILES string of the molecule is C[C@@H]1CN(c2ncc(C(F)(F)F)cn2)C[C@H](C)N1C(=O)NC1CCN(Cc2ccncc2Cl)CC1. The maximum Gasteiger partial charge on any atom is 0.419 e. The molecule has 35 heavy (non-hydrogen) atoms. The average Bonchev–Trinajstić information content (AvgIpc) is 2.81. The highest BCUT2D eigenvalue weighted by atomic mass is 35.5. The Kier molecular flexibility index (Phi) is 7.65. The van der Waals surface area contributed by atoms with Gasteiger partial charge in [0.2, 0.25) is 5.95 Å². The zero-order chi connectivity index (χ0) is 25.2. The summed E-state index contributed by atoms with van der Waals surface area (Å²) in [5.41, 5.74) is 0.164. The van der Waals surface area contributed by atoms with E-state index in [1.54, 1.807) is 12.4 Å². The van der Waals surface area contributed by atoms with E-state index in [4.69, 9.17) is 11.6 Å². The molecule has 0 aliphatic carbocycles. The highest BCUT2D eigenvalue weighted by molar-refractivity contribution is 6.31. The summed E-state index contributed by atoms with van der Waals surface area (Å²) >= 11 is 6.22. The zero-order valence-electron chi connectivity index (χ0n) is 19.7. The van der Waals surface area contributed by atoms with E-state index in [1.807, 2.05) is 29.7 Å². The highest BCUT2D eigenvalue weighted by Gasteiger charge is 2.36. The van der Waals surface area contributed by atoms with Crippen molar-refractivity contribution in [2.24, 2.45) is 0 Å². The lowest BCUT2D eigenvalue weighted by Gasteiger charge is -2.45. The summed E-state index contributed by atoms with van der Waals surface area (Å²) in [6, 6.07) is 1.59. The summed E-state index contributed by atoms with van der Waals surface area (Å²) in [4.78, 5) is 30.9. The fourth-order valence-electron chi connectivity index (χ4n) is 4.78. The van der Waals surface area contributed by atoms with Crippen molar-refractivity contribution in [1.82, 2.24) is 30.1 Å². The lowest BCUT2D eigenvalue weighted by atomic mass is 10.0. The molecule has 2 aromatic rings. The molecule has 4 rings (SSSR count). The third-order valence-corrected chi connectivity index (χ3v) is 6.91. The van der Waals surface area contributed by atoms with Crippen LogP contribution in [0.3, 0.4) is 0 Å². The topological polar surface area (TPSA) is 77.5 Å². The van der Waals surface area contributed by atoms with Crippen molar-refractivity contribution in [3.8, 4) is 0 Å². The first kappa shape index (κ1) is 25.4. The second-order valence-corrected chi connectivity index (χ2v) is 9.65. The molecule has 4 heterocycles. The molecule has 0 saturated carbocycles. The maximum atomic E-state index is 13.1. The van der Waals surface area contributed by atoms with Crippen molar-refractivity contribution >= 4 is 23.6 Å². The molecule has 0 spiro atoms. The number of carbonyl (C=O) groups is 1. The molecule has 0 aromatic carbocycles. The van der Waals surface area contributed by atoms with Crippen LogP contribution < -0.4 is 10.2 Å². The molecule has 190 valence electrons.